The van der Waals surface area contributed by atoms with Crippen LogP contribution in [0.1, 0.15) is 6.92 Å². The second-order valence-electron chi connectivity index (χ2n) is 6.59. The summed E-state index contributed by atoms with van der Waals surface area (Å²) in [7, 11) is 1.62. The van der Waals surface area contributed by atoms with E-state index in [-0.39, 0.29) is 13.2 Å². The monoisotopic (exact) mass is 420 g/mol. The van der Waals surface area contributed by atoms with Crippen LogP contribution < -0.4 is 18.9 Å². The van der Waals surface area contributed by atoms with Crippen molar-refractivity contribution >= 4 is 5.97 Å². The lowest BCUT2D eigenvalue weighted by Crippen LogP contribution is -2.12. The summed E-state index contributed by atoms with van der Waals surface area (Å²) in [5.74, 6) is 3.79. The molecule has 0 saturated carbocycles. The highest BCUT2D eigenvalue weighted by molar-refractivity contribution is 5.86. The van der Waals surface area contributed by atoms with E-state index in [2.05, 4.69) is 6.58 Å². The maximum Gasteiger partial charge on any atom is 0.333 e. The van der Waals surface area contributed by atoms with Crippen molar-refractivity contribution in [3.8, 4) is 34.5 Å². The predicted octanol–water partition coefficient (Wildman–Crippen LogP) is 5.78. The van der Waals surface area contributed by atoms with E-state index >= 15 is 0 Å². The smallest absolute Gasteiger partial charge is 0.333 e. The molecule has 0 heterocycles. The number of rotatable bonds is 10. The Balaban J connectivity index is 1.47. The van der Waals surface area contributed by atoms with Crippen LogP contribution in [0.4, 0.5) is 0 Å². The molecule has 0 aromatic heterocycles. The van der Waals surface area contributed by atoms with Crippen molar-refractivity contribution in [1.29, 1.82) is 0 Å². The minimum absolute atomic E-state index is 0.162. The largest absolute Gasteiger partial charge is 0.497 e. The molecule has 3 aromatic carbocycles. The summed E-state index contributed by atoms with van der Waals surface area (Å²) in [6, 6.07) is 21.9. The van der Waals surface area contributed by atoms with Gasteiger partial charge in [0.25, 0.3) is 0 Å². The summed E-state index contributed by atoms with van der Waals surface area (Å²) in [4.78, 5) is 11.3. The number of methoxy groups -OCH3 is 1. The average Bonchev–Trinajstić information content (AvgIpc) is 2.79. The molecule has 0 fully saturated rings. The molecule has 0 atom stereocenters. The third-order valence-electron chi connectivity index (χ3n) is 4.11. The van der Waals surface area contributed by atoms with Crippen molar-refractivity contribution in [2.45, 2.75) is 6.92 Å². The number of esters is 1. The molecule has 0 N–H and O–H groups in total. The fourth-order valence-electron chi connectivity index (χ4n) is 2.51. The number of ether oxygens (including phenoxy) is 5. The van der Waals surface area contributed by atoms with Gasteiger partial charge in [-0.1, -0.05) is 6.58 Å². The standard InChI is InChI=1S/C25H24O6/c1-18(2)25(26)29-17-16-28-20-6-10-22(11-7-20)31-24-14-12-23(13-15-24)30-21-8-4-19(27-3)5-9-21/h4-15H,1,16-17H2,2-3H3. The van der Waals surface area contributed by atoms with Crippen molar-refractivity contribution in [3.05, 3.63) is 84.9 Å². The van der Waals surface area contributed by atoms with E-state index in [4.69, 9.17) is 23.7 Å². The lowest BCUT2D eigenvalue weighted by molar-refractivity contribution is -0.139. The summed E-state index contributed by atoms with van der Waals surface area (Å²) >= 11 is 0. The van der Waals surface area contributed by atoms with Gasteiger partial charge in [-0.05, 0) is 79.7 Å². The van der Waals surface area contributed by atoms with E-state index in [0.29, 0.717) is 28.6 Å². The van der Waals surface area contributed by atoms with Gasteiger partial charge in [0, 0.05) is 5.57 Å². The minimum atomic E-state index is -0.423. The molecular weight excluding hydrogens is 396 g/mol. The number of carbonyl (C=O) groups excluding carboxylic acids is 1. The number of hydrogen-bond acceptors (Lipinski definition) is 6. The molecule has 0 aliphatic rings. The van der Waals surface area contributed by atoms with E-state index < -0.39 is 5.97 Å². The summed E-state index contributed by atoms with van der Waals surface area (Å²) in [5, 5.41) is 0. The highest BCUT2D eigenvalue weighted by Crippen LogP contribution is 2.28. The van der Waals surface area contributed by atoms with Gasteiger partial charge in [-0.2, -0.15) is 0 Å². The normalized spacial score (nSPS) is 10.1. The molecule has 0 aliphatic carbocycles. The van der Waals surface area contributed by atoms with Gasteiger partial charge in [0.05, 0.1) is 7.11 Å². The molecule has 31 heavy (non-hydrogen) atoms. The first-order valence-corrected chi connectivity index (χ1v) is 9.69. The molecule has 0 bridgehead atoms. The number of benzene rings is 3. The van der Waals surface area contributed by atoms with Crippen molar-refractivity contribution in [3.63, 3.8) is 0 Å². The van der Waals surface area contributed by atoms with Gasteiger partial charge in [-0.15, -0.1) is 0 Å². The Labute approximate surface area is 181 Å². The molecular formula is C25H24O6. The first-order chi connectivity index (χ1) is 15.0. The van der Waals surface area contributed by atoms with Gasteiger partial charge in [-0.25, -0.2) is 4.79 Å². The molecule has 6 nitrogen and oxygen atoms in total. The fourth-order valence-corrected chi connectivity index (χ4v) is 2.51. The molecule has 0 aliphatic heterocycles. The van der Waals surface area contributed by atoms with Crippen molar-refractivity contribution in [1.82, 2.24) is 0 Å². The van der Waals surface area contributed by atoms with E-state index in [1.165, 1.54) is 0 Å². The van der Waals surface area contributed by atoms with E-state index in [0.717, 1.165) is 11.5 Å². The highest BCUT2D eigenvalue weighted by atomic mass is 16.6. The second kappa shape index (κ2) is 10.7. The topological polar surface area (TPSA) is 63.2 Å². The van der Waals surface area contributed by atoms with Gasteiger partial charge in [0.2, 0.25) is 0 Å². The lowest BCUT2D eigenvalue weighted by Gasteiger charge is -2.10. The Hall–Kier alpha value is -3.93. The molecule has 3 aromatic rings. The van der Waals surface area contributed by atoms with Crippen LogP contribution in [-0.2, 0) is 9.53 Å². The summed E-state index contributed by atoms with van der Waals surface area (Å²) in [6.45, 7) is 5.55. The van der Waals surface area contributed by atoms with Crippen molar-refractivity contribution in [2.75, 3.05) is 20.3 Å². The van der Waals surface area contributed by atoms with Crippen LogP contribution in [0.2, 0.25) is 0 Å². The molecule has 160 valence electrons. The predicted molar refractivity (Wildman–Crippen MR) is 117 cm³/mol. The van der Waals surface area contributed by atoms with Gasteiger partial charge in [-0.3, -0.25) is 0 Å². The van der Waals surface area contributed by atoms with E-state index in [9.17, 15) is 4.79 Å². The zero-order chi connectivity index (χ0) is 22.1. The first kappa shape index (κ1) is 21.8. The first-order valence-electron chi connectivity index (χ1n) is 9.69. The lowest BCUT2D eigenvalue weighted by atomic mass is 10.3. The number of carbonyl (C=O) groups is 1. The Bertz CT molecular complexity index is 992. The Morgan fingerprint density at radius 1 is 0.677 bits per heavy atom. The minimum Gasteiger partial charge on any atom is -0.497 e. The maximum atomic E-state index is 11.3. The van der Waals surface area contributed by atoms with Gasteiger partial charge in [0.15, 0.2) is 0 Å². The SMILES string of the molecule is C=C(C)C(=O)OCCOc1ccc(Oc2ccc(Oc3ccc(OC)cc3)cc2)cc1. The van der Waals surface area contributed by atoms with Crippen molar-refractivity contribution in [2.24, 2.45) is 0 Å². The van der Waals surface area contributed by atoms with E-state index in [1.54, 1.807) is 38.3 Å². The van der Waals surface area contributed by atoms with Crippen LogP contribution >= 0.6 is 0 Å². The summed E-state index contributed by atoms with van der Waals surface area (Å²) < 4.78 is 27.3. The van der Waals surface area contributed by atoms with Crippen LogP contribution in [0.3, 0.4) is 0 Å². The highest BCUT2D eigenvalue weighted by Gasteiger charge is 2.04. The van der Waals surface area contributed by atoms with Crippen LogP contribution in [-0.4, -0.2) is 26.3 Å². The third kappa shape index (κ3) is 6.82. The maximum absolute atomic E-state index is 11.3. The number of hydrogen-bond donors (Lipinski definition) is 0. The molecule has 0 spiro atoms. The van der Waals surface area contributed by atoms with Crippen molar-refractivity contribution < 1.29 is 28.5 Å². The molecule has 0 saturated heterocycles. The van der Waals surface area contributed by atoms with Gasteiger partial charge in [0.1, 0.15) is 47.7 Å². The zero-order valence-electron chi connectivity index (χ0n) is 17.5. The van der Waals surface area contributed by atoms with Gasteiger partial charge < -0.3 is 23.7 Å². The van der Waals surface area contributed by atoms with Crippen LogP contribution in [0, 0.1) is 0 Å². The van der Waals surface area contributed by atoms with Crippen LogP contribution in [0.25, 0.3) is 0 Å². The van der Waals surface area contributed by atoms with Crippen LogP contribution in [0.5, 0.6) is 34.5 Å². The molecule has 6 heteroatoms. The molecule has 0 amide bonds. The quantitative estimate of drug-likeness (QED) is 0.235. The Morgan fingerprint density at radius 3 is 1.45 bits per heavy atom. The molecule has 3 rings (SSSR count). The Kier molecular flexibility index (Phi) is 7.54. The van der Waals surface area contributed by atoms with Gasteiger partial charge >= 0.3 is 5.97 Å². The third-order valence-corrected chi connectivity index (χ3v) is 4.11. The molecule has 0 radical (unpaired) electrons. The summed E-state index contributed by atoms with van der Waals surface area (Å²) in [6.07, 6.45) is 0. The summed E-state index contributed by atoms with van der Waals surface area (Å²) in [5.41, 5.74) is 0.363. The molecule has 0 unspecified atom stereocenters. The van der Waals surface area contributed by atoms with Crippen LogP contribution in [0.15, 0.2) is 84.9 Å². The Morgan fingerprint density at radius 2 is 1.06 bits per heavy atom. The fraction of sp³-hybridized carbons (Fsp3) is 0.160. The average molecular weight is 420 g/mol. The van der Waals surface area contributed by atoms with E-state index in [1.807, 2.05) is 48.5 Å². The second-order valence-corrected chi connectivity index (χ2v) is 6.59. The zero-order valence-corrected chi connectivity index (χ0v) is 17.5.